The molecule has 0 radical (unpaired) electrons. The lowest BCUT2D eigenvalue weighted by atomic mass is 10.0. The summed E-state index contributed by atoms with van der Waals surface area (Å²) in [6.45, 7) is 5.36. The van der Waals surface area contributed by atoms with Crippen molar-refractivity contribution in [3.8, 4) is 5.75 Å². The minimum Gasteiger partial charge on any atom is -0.497 e. The molecule has 1 atom stereocenters. The summed E-state index contributed by atoms with van der Waals surface area (Å²) in [4.78, 5) is 29.0. The van der Waals surface area contributed by atoms with Crippen molar-refractivity contribution in [2.45, 2.75) is 51.8 Å². The van der Waals surface area contributed by atoms with Crippen LogP contribution >= 0.6 is 0 Å². The summed E-state index contributed by atoms with van der Waals surface area (Å²) in [6, 6.07) is 26.4. The second kappa shape index (κ2) is 14.8. The first-order valence-corrected chi connectivity index (χ1v) is 12.9. The molecule has 1 N–H and O–H groups in total. The van der Waals surface area contributed by atoms with Crippen LogP contribution in [-0.2, 0) is 33.7 Å². The van der Waals surface area contributed by atoms with Crippen LogP contribution in [0.3, 0.4) is 0 Å². The molecule has 196 valence electrons. The van der Waals surface area contributed by atoms with E-state index < -0.39 is 6.04 Å². The molecule has 3 aromatic rings. The van der Waals surface area contributed by atoms with Gasteiger partial charge >= 0.3 is 0 Å². The van der Waals surface area contributed by atoms with Crippen LogP contribution in [0.4, 0.5) is 0 Å². The smallest absolute Gasteiger partial charge is 0.243 e. The lowest BCUT2D eigenvalue weighted by molar-refractivity contribution is -0.140. The van der Waals surface area contributed by atoms with E-state index in [9.17, 15) is 9.59 Å². The van der Waals surface area contributed by atoms with Gasteiger partial charge in [0.05, 0.1) is 19.6 Å². The highest BCUT2D eigenvalue weighted by atomic mass is 16.5. The van der Waals surface area contributed by atoms with Crippen LogP contribution in [-0.4, -0.2) is 49.1 Å². The Morgan fingerprint density at radius 1 is 0.838 bits per heavy atom. The van der Waals surface area contributed by atoms with E-state index in [0.717, 1.165) is 22.4 Å². The zero-order valence-corrected chi connectivity index (χ0v) is 22.1. The van der Waals surface area contributed by atoms with Crippen molar-refractivity contribution in [3.63, 3.8) is 0 Å². The number of methoxy groups -OCH3 is 1. The number of rotatable bonds is 14. The van der Waals surface area contributed by atoms with Crippen LogP contribution in [0.25, 0.3) is 0 Å². The summed E-state index contributed by atoms with van der Waals surface area (Å²) in [5.41, 5.74) is 2.84. The lowest BCUT2D eigenvalue weighted by Crippen LogP contribution is -2.51. The Labute approximate surface area is 220 Å². The molecule has 0 aliphatic rings. The van der Waals surface area contributed by atoms with Crippen LogP contribution in [0.15, 0.2) is 84.9 Å². The first-order chi connectivity index (χ1) is 18.0. The van der Waals surface area contributed by atoms with Gasteiger partial charge in [0.1, 0.15) is 11.8 Å². The van der Waals surface area contributed by atoms with Gasteiger partial charge in [0.15, 0.2) is 0 Å². The maximum Gasteiger partial charge on any atom is 0.243 e. The summed E-state index contributed by atoms with van der Waals surface area (Å²) in [5.74, 6) is 0.484. The molecule has 0 spiro atoms. The van der Waals surface area contributed by atoms with Gasteiger partial charge in [-0.25, -0.2) is 0 Å². The molecule has 0 unspecified atom stereocenters. The van der Waals surface area contributed by atoms with E-state index in [-0.39, 0.29) is 24.3 Å². The molecule has 0 bridgehead atoms. The molecule has 0 aliphatic carbocycles. The molecule has 3 rings (SSSR count). The molecular formula is C31H38N2O4. The topological polar surface area (TPSA) is 67.9 Å². The number of nitrogens with one attached hydrogen (secondary N) is 1. The minimum atomic E-state index is -0.660. The zero-order valence-electron chi connectivity index (χ0n) is 22.1. The van der Waals surface area contributed by atoms with E-state index >= 15 is 0 Å². The first-order valence-electron chi connectivity index (χ1n) is 12.9. The molecule has 0 aliphatic heterocycles. The molecule has 0 fully saturated rings. The van der Waals surface area contributed by atoms with Crippen LogP contribution in [0.2, 0.25) is 0 Å². The summed E-state index contributed by atoms with van der Waals surface area (Å²) in [6.07, 6.45) is 1.50. The largest absolute Gasteiger partial charge is 0.497 e. The van der Waals surface area contributed by atoms with Crippen LogP contribution in [0.1, 0.15) is 37.0 Å². The van der Waals surface area contributed by atoms with Gasteiger partial charge in [-0.3, -0.25) is 9.59 Å². The van der Waals surface area contributed by atoms with Gasteiger partial charge in [0, 0.05) is 26.1 Å². The third-order valence-electron chi connectivity index (χ3n) is 6.05. The number of hydrogen-bond acceptors (Lipinski definition) is 4. The number of amides is 2. The highest BCUT2D eigenvalue weighted by Gasteiger charge is 2.30. The quantitative estimate of drug-likeness (QED) is 0.321. The van der Waals surface area contributed by atoms with Crippen LogP contribution < -0.4 is 10.1 Å². The maximum atomic E-state index is 13.7. The second-order valence-electron chi connectivity index (χ2n) is 9.30. The summed E-state index contributed by atoms with van der Waals surface area (Å²) < 4.78 is 10.9. The minimum absolute atomic E-state index is 0.0961. The molecule has 0 saturated heterocycles. The van der Waals surface area contributed by atoms with Crippen LogP contribution in [0, 0.1) is 0 Å². The number of nitrogens with zero attached hydrogens (tertiary/aromatic N) is 1. The van der Waals surface area contributed by atoms with Crippen LogP contribution in [0.5, 0.6) is 5.75 Å². The normalized spacial score (nSPS) is 11.7. The highest BCUT2D eigenvalue weighted by molar-refractivity contribution is 5.88. The first kappa shape index (κ1) is 27.9. The van der Waals surface area contributed by atoms with Gasteiger partial charge in [-0.05, 0) is 49.1 Å². The Morgan fingerprint density at radius 2 is 1.46 bits per heavy atom. The third kappa shape index (κ3) is 9.39. The number of benzene rings is 3. The Kier molecular flexibility index (Phi) is 11.2. The lowest BCUT2D eigenvalue weighted by Gasteiger charge is -2.32. The predicted molar refractivity (Wildman–Crippen MR) is 146 cm³/mol. The van der Waals surface area contributed by atoms with Gasteiger partial charge in [-0.1, -0.05) is 72.8 Å². The average Bonchev–Trinajstić information content (AvgIpc) is 2.91. The van der Waals surface area contributed by atoms with Gasteiger partial charge in [0.25, 0.3) is 0 Å². The Balaban J connectivity index is 1.85. The average molecular weight is 503 g/mol. The van der Waals surface area contributed by atoms with E-state index in [2.05, 4.69) is 5.32 Å². The number of hydrogen-bond donors (Lipinski definition) is 1. The van der Waals surface area contributed by atoms with Gasteiger partial charge in [-0.2, -0.15) is 0 Å². The van der Waals surface area contributed by atoms with E-state index in [1.165, 1.54) is 0 Å². The molecule has 3 aromatic carbocycles. The maximum absolute atomic E-state index is 13.7. The summed E-state index contributed by atoms with van der Waals surface area (Å²) >= 11 is 0. The SMILES string of the molecule is COc1ccc(CN(C(=O)Cc2ccccc2)[C@H](Cc2ccccc2)C(=O)NCCCOC(C)C)cc1. The molecule has 0 aromatic heterocycles. The number of carbonyl (C=O) groups is 2. The van der Waals surface area contributed by atoms with Crippen molar-refractivity contribution in [2.75, 3.05) is 20.3 Å². The Morgan fingerprint density at radius 3 is 2.05 bits per heavy atom. The fraction of sp³-hybridized carbons (Fsp3) is 0.355. The van der Waals surface area contributed by atoms with E-state index in [1.54, 1.807) is 12.0 Å². The molecule has 0 heterocycles. The van der Waals surface area contributed by atoms with Gasteiger partial charge in [-0.15, -0.1) is 0 Å². The van der Waals surface area contributed by atoms with Crippen molar-refractivity contribution >= 4 is 11.8 Å². The Hall–Kier alpha value is -3.64. The number of ether oxygens (including phenoxy) is 2. The fourth-order valence-electron chi connectivity index (χ4n) is 4.07. The highest BCUT2D eigenvalue weighted by Crippen LogP contribution is 2.18. The monoisotopic (exact) mass is 502 g/mol. The van der Waals surface area contributed by atoms with E-state index in [1.807, 2.05) is 98.8 Å². The van der Waals surface area contributed by atoms with Crippen molar-refractivity contribution in [3.05, 3.63) is 102 Å². The summed E-state index contributed by atoms with van der Waals surface area (Å²) in [5, 5.41) is 3.05. The molecule has 37 heavy (non-hydrogen) atoms. The number of carbonyl (C=O) groups excluding carboxylic acids is 2. The molecule has 6 nitrogen and oxygen atoms in total. The van der Waals surface area contributed by atoms with E-state index in [0.29, 0.717) is 32.5 Å². The standard InChI is InChI=1S/C31H38N2O4/c1-24(2)37-20-10-19-32-31(35)29(21-25-11-6-4-7-12-25)33(23-27-15-17-28(36-3)18-16-27)30(34)22-26-13-8-5-9-14-26/h4-9,11-18,24,29H,10,19-23H2,1-3H3,(H,32,35)/t29-/m1/s1. The zero-order chi connectivity index (χ0) is 26.5. The van der Waals surface area contributed by atoms with Crippen molar-refractivity contribution < 1.29 is 19.1 Å². The van der Waals surface area contributed by atoms with Crippen molar-refractivity contribution in [1.82, 2.24) is 10.2 Å². The predicted octanol–water partition coefficient (Wildman–Crippen LogP) is 4.81. The molecule has 2 amide bonds. The van der Waals surface area contributed by atoms with Crippen molar-refractivity contribution in [2.24, 2.45) is 0 Å². The summed E-state index contributed by atoms with van der Waals surface area (Å²) in [7, 11) is 1.62. The molecular weight excluding hydrogens is 464 g/mol. The molecule has 0 saturated carbocycles. The van der Waals surface area contributed by atoms with Gasteiger partial charge < -0.3 is 19.7 Å². The molecule has 6 heteroatoms. The third-order valence-corrected chi connectivity index (χ3v) is 6.05. The van der Waals surface area contributed by atoms with E-state index in [4.69, 9.17) is 9.47 Å². The second-order valence-corrected chi connectivity index (χ2v) is 9.30. The fourth-order valence-corrected chi connectivity index (χ4v) is 4.07. The van der Waals surface area contributed by atoms with Gasteiger partial charge in [0.2, 0.25) is 11.8 Å². The van der Waals surface area contributed by atoms with Crippen molar-refractivity contribution in [1.29, 1.82) is 0 Å². The Bertz CT molecular complexity index is 1090.